The van der Waals surface area contributed by atoms with Crippen molar-refractivity contribution in [3.63, 3.8) is 0 Å². The number of halogens is 1. The number of aromatic nitrogens is 1. The number of allylic oxidation sites excluding steroid dienone is 1. The second-order valence-corrected chi connectivity index (χ2v) is 2.79. The predicted molar refractivity (Wildman–Crippen MR) is 53.1 cm³/mol. The van der Waals surface area contributed by atoms with Gasteiger partial charge in [-0.15, -0.1) is 11.6 Å². The van der Waals surface area contributed by atoms with Crippen molar-refractivity contribution < 1.29 is 0 Å². The molecule has 0 aromatic carbocycles. The lowest BCUT2D eigenvalue weighted by molar-refractivity contribution is 1.26. The van der Waals surface area contributed by atoms with Gasteiger partial charge in [0.15, 0.2) is 0 Å². The summed E-state index contributed by atoms with van der Waals surface area (Å²) in [4.78, 5) is 4.11. The van der Waals surface area contributed by atoms with E-state index >= 15 is 0 Å². The van der Waals surface area contributed by atoms with Crippen LogP contribution in [0, 0.1) is 6.92 Å². The SMILES string of the molecule is Cc1ccnc(C=CCCl)c1N. The third-order valence-electron chi connectivity index (χ3n) is 1.60. The molecule has 0 saturated heterocycles. The lowest BCUT2D eigenvalue weighted by Gasteiger charge is -2.01. The Morgan fingerprint density at radius 2 is 2.42 bits per heavy atom. The van der Waals surface area contributed by atoms with Gasteiger partial charge in [-0.2, -0.15) is 0 Å². The molecule has 3 heteroatoms. The molecule has 1 rings (SSSR count). The topological polar surface area (TPSA) is 38.9 Å². The molecule has 0 fully saturated rings. The van der Waals surface area contributed by atoms with Gasteiger partial charge in [-0.3, -0.25) is 4.98 Å². The highest BCUT2D eigenvalue weighted by Crippen LogP contribution is 2.14. The minimum absolute atomic E-state index is 0.481. The van der Waals surface area contributed by atoms with Crippen molar-refractivity contribution in [2.24, 2.45) is 0 Å². The van der Waals surface area contributed by atoms with Crippen LogP contribution in [0.1, 0.15) is 11.3 Å². The number of nitrogens with zero attached hydrogens (tertiary/aromatic N) is 1. The molecule has 0 unspecified atom stereocenters. The second-order valence-electron chi connectivity index (χ2n) is 2.48. The van der Waals surface area contributed by atoms with Crippen LogP contribution in [0.15, 0.2) is 18.3 Å². The average Bonchev–Trinajstić information content (AvgIpc) is 2.08. The molecule has 0 aliphatic heterocycles. The lowest BCUT2D eigenvalue weighted by Crippen LogP contribution is -1.95. The summed E-state index contributed by atoms with van der Waals surface area (Å²) in [6.07, 6.45) is 5.38. The van der Waals surface area contributed by atoms with Crippen LogP contribution in [0.3, 0.4) is 0 Å². The van der Waals surface area contributed by atoms with Crippen LogP contribution >= 0.6 is 11.6 Å². The van der Waals surface area contributed by atoms with Gasteiger partial charge in [0, 0.05) is 12.1 Å². The number of hydrogen-bond donors (Lipinski definition) is 1. The Hall–Kier alpha value is -1.02. The zero-order chi connectivity index (χ0) is 8.97. The van der Waals surface area contributed by atoms with E-state index in [2.05, 4.69) is 4.98 Å². The number of pyridine rings is 1. The lowest BCUT2D eigenvalue weighted by atomic mass is 10.2. The fourth-order valence-corrected chi connectivity index (χ4v) is 0.969. The second kappa shape index (κ2) is 4.12. The summed E-state index contributed by atoms with van der Waals surface area (Å²) < 4.78 is 0. The van der Waals surface area contributed by atoms with E-state index in [1.807, 2.05) is 25.1 Å². The Morgan fingerprint density at radius 3 is 3.08 bits per heavy atom. The molecule has 2 nitrogen and oxygen atoms in total. The number of aryl methyl sites for hydroxylation is 1. The molecular weight excluding hydrogens is 172 g/mol. The van der Waals surface area contributed by atoms with E-state index in [9.17, 15) is 0 Å². The Bertz CT molecular complexity index is 295. The summed E-state index contributed by atoms with van der Waals surface area (Å²) in [6, 6.07) is 1.88. The zero-order valence-corrected chi connectivity index (χ0v) is 7.67. The van der Waals surface area contributed by atoms with Crippen LogP contribution < -0.4 is 5.73 Å². The highest BCUT2D eigenvalue weighted by atomic mass is 35.5. The van der Waals surface area contributed by atoms with E-state index in [1.54, 1.807) is 6.20 Å². The maximum absolute atomic E-state index is 5.77. The minimum atomic E-state index is 0.481. The number of nitrogen functional groups attached to an aromatic ring is 1. The molecular formula is C9H11ClN2. The molecule has 2 N–H and O–H groups in total. The van der Waals surface area contributed by atoms with Gasteiger partial charge in [0.25, 0.3) is 0 Å². The van der Waals surface area contributed by atoms with Gasteiger partial charge in [0.05, 0.1) is 11.4 Å². The van der Waals surface area contributed by atoms with Crippen LogP contribution in [-0.4, -0.2) is 10.9 Å². The van der Waals surface area contributed by atoms with Gasteiger partial charge >= 0.3 is 0 Å². The molecule has 1 heterocycles. The van der Waals surface area contributed by atoms with Crippen molar-refractivity contribution >= 4 is 23.4 Å². The highest BCUT2D eigenvalue weighted by Gasteiger charge is 1.97. The number of alkyl halides is 1. The molecule has 1 aromatic rings. The molecule has 12 heavy (non-hydrogen) atoms. The van der Waals surface area contributed by atoms with Gasteiger partial charge in [-0.25, -0.2) is 0 Å². The van der Waals surface area contributed by atoms with Crippen molar-refractivity contribution in [1.82, 2.24) is 4.98 Å². The van der Waals surface area contributed by atoms with Crippen molar-refractivity contribution in [3.8, 4) is 0 Å². The molecule has 0 saturated carbocycles. The van der Waals surface area contributed by atoms with Crippen molar-refractivity contribution in [3.05, 3.63) is 29.6 Å². The highest BCUT2D eigenvalue weighted by molar-refractivity contribution is 6.19. The molecule has 0 radical (unpaired) electrons. The van der Waals surface area contributed by atoms with E-state index in [4.69, 9.17) is 17.3 Å². The first-order valence-electron chi connectivity index (χ1n) is 3.69. The van der Waals surface area contributed by atoms with Crippen LogP contribution in [0.5, 0.6) is 0 Å². The zero-order valence-electron chi connectivity index (χ0n) is 6.92. The van der Waals surface area contributed by atoms with E-state index in [0.29, 0.717) is 5.88 Å². The maximum Gasteiger partial charge on any atom is 0.0858 e. The van der Waals surface area contributed by atoms with E-state index in [-0.39, 0.29) is 0 Å². The minimum Gasteiger partial charge on any atom is -0.397 e. The van der Waals surface area contributed by atoms with Crippen LogP contribution in [0.4, 0.5) is 5.69 Å². The summed E-state index contributed by atoms with van der Waals surface area (Å²) in [5, 5.41) is 0. The average molecular weight is 183 g/mol. The fourth-order valence-electron chi connectivity index (χ4n) is 0.880. The van der Waals surface area contributed by atoms with Crippen LogP contribution in [0.2, 0.25) is 0 Å². The third-order valence-corrected chi connectivity index (χ3v) is 1.78. The summed E-state index contributed by atoms with van der Waals surface area (Å²) in [6.45, 7) is 1.95. The number of nitrogens with two attached hydrogens (primary N) is 1. The summed E-state index contributed by atoms with van der Waals surface area (Å²) >= 11 is 5.49. The molecule has 0 bridgehead atoms. The van der Waals surface area contributed by atoms with Crippen molar-refractivity contribution in [2.75, 3.05) is 11.6 Å². The molecule has 0 atom stereocenters. The first-order valence-corrected chi connectivity index (χ1v) is 4.22. The molecule has 0 aliphatic rings. The van der Waals surface area contributed by atoms with Crippen molar-refractivity contribution in [1.29, 1.82) is 0 Å². The molecule has 0 spiro atoms. The van der Waals surface area contributed by atoms with Gasteiger partial charge in [0.1, 0.15) is 0 Å². The van der Waals surface area contributed by atoms with Crippen molar-refractivity contribution in [2.45, 2.75) is 6.92 Å². The van der Waals surface area contributed by atoms with Gasteiger partial charge in [0.2, 0.25) is 0 Å². The Morgan fingerprint density at radius 1 is 1.67 bits per heavy atom. The van der Waals surface area contributed by atoms with E-state index < -0.39 is 0 Å². The number of anilines is 1. The Labute approximate surface area is 77.1 Å². The summed E-state index contributed by atoms with van der Waals surface area (Å²) in [5.74, 6) is 0.481. The molecule has 64 valence electrons. The van der Waals surface area contributed by atoms with E-state index in [1.165, 1.54) is 0 Å². The standard InChI is InChI=1S/C9H11ClN2/c1-7-4-6-12-8(9(7)11)3-2-5-10/h2-4,6H,5,11H2,1H3. The first kappa shape index (κ1) is 9.07. The van der Waals surface area contributed by atoms with Gasteiger partial charge < -0.3 is 5.73 Å². The van der Waals surface area contributed by atoms with Crippen LogP contribution in [-0.2, 0) is 0 Å². The van der Waals surface area contributed by atoms with Crippen LogP contribution in [0.25, 0.3) is 6.08 Å². The van der Waals surface area contributed by atoms with Gasteiger partial charge in [-0.1, -0.05) is 6.08 Å². The normalized spacial score (nSPS) is 10.8. The fraction of sp³-hybridized carbons (Fsp3) is 0.222. The first-order chi connectivity index (χ1) is 5.75. The molecule has 0 amide bonds. The monoisotopic (exact) mass is 182 g/mol. The number of rotatable bonds is 2. The quantitative estimate of drug-likeness (QED) is 0.713. The molecule has 1 aromatic heterocycles. The molecule has 0 aliphatic carbocycles. The Balaban J connectivity index is 3.00. The van der Waals surface area contributed by atoms with E-state index in [0.717, 1.165) is 16.9 Å². The number of hydrogen-bond acceptors (Lipinski definition) is 2. The predicted octanol–water partition coefficient (Wildman–Crippen LogP) is 2.22. The summed E-state index contributed by atoms with van der Waals surface area (Å²) in [7, 11) is 0. The third kappa shape index (κ3) is 1.98. The van der Waals surface area contributed by atoms with Gasteiger partial charge in [-0.05, 0) is 24.6 Å². The maximum atomic E-state index is 5.77. The Kier molecular flexibility index (Phi) is 3.11. The smallest absolute Gasteiger partial charge is 0.0858 e. The summed E-state index contributed by atoms with van der Waals surface area (Å²) in [5.41, 5.74) is 8.32. The largest absolute Gasteiger partial charge is 0.397 e.